The standard InChI is InChI=1S/C12H14ClN/c1-9-7-11(5-3-4-6-14)12(13)8-10(9)2/h7-8H,4,6,14H2,1-2H3. The largest absolute Gasteiger partial charge is 0.330 e. The highest BCUT2D eigenvalue weighted by Crippen LogP contribution is 2.19. The summed E-state index contributed by atoms with van der Waals surface area (Å²) in [7, 11) is 0. The Bertz CT molecular complexity index is 385. The first-order chi connectivity index (χ1) is 6.65. The Kier molecular flexibility index (Phi) is 4.00. The van der Waals surface area contributed by atoms with E-state index in [0.717, 1.165) is 10.6 Å². The third kappa shape index (κ3) is 2.77. The normalized spacial score (nSPS) is 9.43. The molecule has 0 saturated heterocycles. The summed E-state index contributed by atoms with van der Waals surface area (Å²) in [6.45, 7) is 4.69. The van der Waals surface area contributed by atoms with E-state index in [9.17, 15) is 0 Å². The highest BCUT2D eigenvalue weighted by Gasteiger charge is 1.99. The van der Waals surface area contributed by atoms with Gasteiger partial charge in [-0.25, -0.2) is 0 Å². The number of hydrogen-bond donors (Lipinski definition) is 1. The summed E-state index contributed by atoms with van der Waals surface area (Å²) in [5.74, 6) is 6.00. The highest BCUT2D eigenvalue weighted by molar-refractivity contribution is 6.31. The summed E-state index contributed by atoms with van der Waals surface area (Å²) in [5, 5.41) is 0.720. The van der Waals surface area contributed by atoms with Crippen molar-refractivity contribution in [1.82, 2.24) is 0 Å². The van der Waals surface area contributed by atoms with Crippen molar-refractivity contribution in [2.75, 3.05) is 6.54 Å². The van der Waals surface area contributed by atoms with Gasteiger partial charge in [-0.15, -0.1) is 0 Å². The van der Waals surface area contributed by atoms with Gasteiger partial charge in [-0.2, -0.15) is 0 Å². The first kappa shape index (κ1) is 11.1. The summed E-state index contributed by atoms with van der Waals surface area (Å²) >= 11 is 6.05. The Morgan fingerprint density at radius 3 is 2.57 bits per heavy atom. The molecular formula is C12H14ClN. The van der Waals surface area contributed by atoms with Gasteiger partial charge < -0.3 is 5.73 Å². The van der Waals surface area contributed by atoms with Crippen LogP contribution in [0.1, 0.15) is 23.1 Å². The first-order valence-corrected chi connectivity index (χ1v) is 4.98. The average Bonchev–Trinajstić information content (AvgIpc) is 2.14. The van der Waals surface area contributed by atoms with Gasteiger partial charge in [0, 0.05) is 18.5 Å². The Balaban J connectivity index is 3.00. The van der Waals surface area contributed by atoms with Crippen molar-refractivity contribution in [3.8, 4) is 11.8 Å². The monoisotopic (exact) mass is 207 g/mol. The van der Waals surface area contributed by atoms with E-state index in [2.05, 4.69) is 18.8 Å². The molecule has 1 aromatic rings. The summed E-state index contributed by atoms with van der Waals surface area (Å²) in [6, 6.07) is 3.96. The van der Waals surface area contributed by atoms with E-state index in [-0.39, 0.29) is 0 Å². The van der Waals surface area contributed by atoms with Crippen LogP contribution in [0.4, 0.5) is 0 Å². The van der Waals surface area contributed by atoms with E-state index >= 15 is 0 Å². The van der Waals surface area contributed by atoms with Gasteiger partial charge in [-0.1, -0.05) is 23.4 Å². The molecule has 0 fully saturated rings. The van der Waals surface area contributed by atoms with Crippen molar-refractivity contribution in [3.05, 3.63) is 33.8 Å². The van der Waals surface area contributed by atoms with Crippen molar-refractivity contribution < 1.29 is 0 Å². The van der Waals surface area contributed by atoms with Gasteiger partial charge >= 0.3 is 0 Å². The third-order valence-corrected chi connectivity index (χ3v) is 2.39. The van der Waals surface area contributed by atoms with Gasteiger partial charge in [0.15, 0.2) is 0 Å². The molecule has 0 amide bonds. The van der Waals surface area contributed by atoms with Crippen molar-refractivity contribution in [1.29, 1.82) is 0 Å². The molecule has 2 N–H and O–H groups in total. The number of hydrogen-bond acceptors (Lipinski definition) is 1. The lowest BCUT2D eigenvalue weighted by Crippen LogP contribution is -1.95. The first-order valence-electron chi connectivity index (χ1n) is 4.61. The van der Waals surface area contributed by atoms with E-state index in [1.807, 2.05) is 19.1 Å². The van der Waals surface area contributed by atoms with Gasteiger partial charge in [-0.3, -0.25) is 0 Å². The zero-order valence-corrected chi connectivity index (χ0v) is 9.28. The van der Waals surface area contributed by atoms with E-state index in [4.69, 9.17) is 17.3 Å². The zero-order valence-electron chi connectivity index (χ0n) is 8.52. The fraction of sp³-hybridized carbons (Fsp3) is 0.333. The smallest absolute Gasteiger partial charge is 0.0565 e. The predicted molar refractivity (Wildman–Crippen MR) is 61.5 cm³/mol. The second-order valence-corrected chi connectivity index (χ2v) is 3.66. The number of halogens is 1. The van der Waals surface area contributed by atoms with Gasteiger partial charge in [0.2, 0.25) is 0 Å². The number of benzene rings is 1. The van der Waals surface area contributed by atoms with Gasteiger partial charge in [0.05, 0.1) is 5.02 Å². The zero-order chi connectivity index (χ0) is 10.6. The van der Waals surface area contributed by atoms with Crippen LogP contribution in [0.15, 0.2) is 12.1 Å². The molecule has 1 aromatic carbocycles. The SMILES string of the molecule is Cc1cc(Cl)c(C#CCCN)cc1C. The topological polar surface area (TPSA) is 26.0 Å². The molecule has 1 rings (SSSR count). The second-order valence-electron chi connectivity index (χ2n) is 3.26. The van der Waals surface area contributed by atoms with Gasteiger partial charge in [0.25, 0.3) is 0 Å². The minimum Gasteiger partial charge on any atom is -0.330 e. The van der Waals surface area contributed by atoms with Crippen LogP contribution in [0.3, 0.4) is 0 Å². The van der Waals surface area contributed by atoms with Crippen LogP contribution in [-0.4, -0.2) is 6.54 Å². The molecule has 2 heteroatoms. The van der Waals surface area contributed by atoms with Crippen molar-refractivity contribution in [2.24, 2.45) is 5.73 Å². The minimum absolute atomic E-state index is 0.593. The Labute approximate surface area is 90.3 Å². The van der Waals surface area contributed by atoms with Crippen LogP contribution in [-0.2, 0) is 0 Å². The molecule has 0 unspecified atom stereocenters. The van der Waals surface area contributed by atoms with Crippen molar-refractivity contribution in [3.63, 3.8) is 0 Å². The quantitative estimate of drug-likeness (QED) is 0.704. The van der Waals surface area contributed by atoms with E-state index < -0.39 is 0 Å². The van der Waals surface area contributed by atoms with Crippen LogP contribution in [0, 0.1) is 25.7 Å². The van der Waals surface area contributed by atoms with E-state index in [1.54, 1.807) is 0 Å². The maximum atomic E-state index is 6.05. The molecule has 0 aliphatic carbocycles. The molecule has 0 heterocycles. The molecule has 0 atom stereocenters. The fourth-order valence-corrected chi connectivity index (χ4v) is 1.37. The molecular weight excluding hydrogens is 194 g/mol. The third-order valence-electron chi connectivity index (χ3n) is 2.08. The average molecular weight is 208 g/mol. The second kappa shape index (κ2) is 5.05. The lowest BCUT2D eigenvalue weighted by atomic mass is 10.1. The van der Waals surface area contributed by atoms with Gasteiger partial charge in [-0.05, 0) is 37.1 Å². The highest BCUT2D eigenvalue weighted by atomic mass is 35.5. The molecule has 1 nitrogen and oxygen atoms in total. The summed E-state index contributed by atoms with van der Waals surface area (Å²) in [4.78, 5) is 0. The van der Waals surface area contributed by atoms with Crippen LogP contribution in [0.25, 0.3) is 0 Å². The van der Waals surface area contributed by atoms with E-state index in [0.29, 0.717) is 13.0 Å². The molecule has 0 aliphatic rings. The lowest BCUT2D eigenvalue weighted by Gasteiger charge is -2.02. The van der Waals surface area contributed by atoms with Crippen molar-refractivity contribution >= 4 is 11.6 Å². The lowest BCUT2D eigenvalue weighted by molar-refractivity contribution is 1.03. The molecule has 0 radical (unpaired) electrons. The van der Waals surface area contributed by atoms with Crippen LogP contribution < -0.4 is 5.73 Å². The molecule has 0 aliphatic heterocycles. The Morgan fingerprint density at radius 2 is 1.93 bits per heavy atom. The predicted octanol–water partition coefficient (Wildman–Crippen LogP) is 2.66. The molecule has 14 heavy (non-hydrogen) atoms. The Hall–Kier alpha value is -0.970. The summed E-state index contributed by atoms with van der Waals surface area (Å²) in [6.07, 6.45) is 0.712. The van der Waals surface area contributed by atoms with Crippen molar-refractivity contribution in [2.45, 2.75) is 20.3 Å². The molecule has 0 bridgehead atoms. The number of nitrogens with two attached hydrogens (primary N) is 1. The molecule has 74 valence electrons. The number of aryl methyl sites for hydroxylation is 2. The Morgan fingerprint density at radius 1 is 1.29 bits per heavy atom. The molecule has 0 spiro atoms. The summed E-state index contributed by atoms with van der Waals surface area (Å²) < 4.78 is 0. The fourth-order valence-electron chi connectivity index (χ4n) is 1.11. The van der Waals surface area contributed by atoms with Crippen LogP contribution in [0.2, 0.25) is 5.02 Å². The van der Waals surface area contributed by atoms with Gasteiger partial charge in [0.1, 0.15) is 0 Å². The van der Waals surface area contributed by atoms with Crippen LogP contribution in [0.5, 0.6) is 0 Å². The molecule has 0 aromatic heterocycles. The number of rotatable bonds is 1. The summed E-state index contributed by atoms with van der Waals surface area (Å²) in [5.41, 5.74) is 8.65. The minimum atomic E-state index is 0.593. The molecule has 0 saturated carbocycles. The maximum Gasteiger partial charge on any atom is 0.0565 e. The maximum absolute atomic E-state index is 6.05. The van der Waals surface area contributed by atoms with Crippen LogP contribution >= 0.6 is 11.6 Å². The van der Waals surface area contributed by atoms with E-state index in [1.165, 1.54) is 11.1 Å².